The van der Waals surface area contributed by atoms with Crippen molar-refractivity contribution in [3.63, 3.8) is 0 Å². The Morgan fingerprint density at radius 1 is 1.50 bits per heavy atom. The maximum absolute atomic E-state index is 12.7. The number of carbonyl (C=O) groups is 2. The van der Waals surface area contributed by atoms with Gasteiger partial charge in [-0.1, -0.05) is 13.0 Å². The molecule has 1 atom stereocenters. The van der Waals surface area contributed by atoms with Crippen LogP contribution in [0.2, 0.25) is 0 Å². The van der Waals surface area contributed by atoms with Crippen LogP contribution >= 0.6 is 11.8 Å². The Morgan fingerprint density at radius 2 is 2.25 bits per heavy atom. The predicted octanol–water partition coefficient (Wildman–Crippen LogP) is 2.07. The van der Waals surface area contributed by atoms with Crippen molar-refractivity contribution in [2.75, 3.05) is 19.3 Å². The minimum atomic E-state index is -0.353. The Balaban J connectivity index is 2.32. The number of hydrogen-bond donors (Lipinski definition) is 1. The van der Waals surface area contributed by atoms with E-state index in [2.05, 4.69) is 5.32 Å². The molecule has 108 valence electrons. The highest BCUT2D eigenvalue weighted by Crippen LogP contribution is 2.22. The van der Waals surface area contributed by atoms with E-state index in [-0.39, 0.29) is 17.9 Å². The molecular formula is C15H20N2O2S. The topological polar surface area (TPSA) is 49.4 Å². The van der Waals surface area contributed by atoms with E-state index in [0.717, 1.165) is 10.5 Å². The van der Waals surface area contributed by atoms with Crippen LogP contribution in [0.3, 0.4) is 0 Å². The quantitative estimate of drug-likeness (QED) is 0.868. The molecule has 4 nitrogen and oxygen atoms in total. The number of carbonyl (C=O) groups excluding carboxylic acids is 2. The highest BCUT2D eigenvalue weighted by Gasteiger charge is 2.32. The van der Waals surface area contributed by atoms with Crippen LogP contribution < -0.4 is 5.32 Å². The number of nitrogens with zero attached hydrogens (tertiary/aromatic N) is 1. The molecule has 1 fully saturated rings. The Morgan fingerprint density at radius 3 is 2.90 bits per heavy atom. The lowest BCUT2D eigenvalue weighted by Crippen LogP contribution is -2.57. The molecule has 0 unspecified atom stereocenters. The fraction of sp³-hybridized carbons (Fsp3) is 0.467. The molecule has 0 aliphatic carbocycles. The zero-order valence-corrected chi connectivity index (χ0v) is 12.9. The van der Waals surface area contributed by atoms with Crippen molar-refractivity contribution in [1.82, 2.24) is 10.2 Å². The normalized spacial score (nSPS) is 18.9. The number of rotatable bonds is 3. The Kier molecular flexibility index (Phi) is 4.70. The molecule has 0 spiro atoms. The van der Waals surface area contributed by atoms with Gasteiger partial charge in [-0.15, -0.1) is 11.8 Å². The second-order valence-electron chi connectivity index (χ2n) is 4.89. The molecule has 0 bridgehead atoms. The average Bonchev–Trinajstić information content (AvgIpc) is 2.46. The standard InChI is InChI=1S/C15H20N2O2S/c1-4-13-14(18)16-7-8-17(13)15(19)12-9-11(20-3)6-5-10(12)2/h5-6,9,13H,4,7-8H2,1-3H3,(H,16,18)/t13-/m0/s1. The van der Waals surface area contributed by atoms with E-state index in [4.69, 9.17) is 0 Å². The summed E-state index contributed by atoms with van der Waals surface area (Å²) in [4.78, 5) is 27.4. The van der Waals surface area contributed by atoms with Crippen LogP contribution in [-0.2, 0) is 4.79 Å². The smallest absolute Gasteiger partial charge is 0.254 e. The largest absolute Gasteiger partial charge is 0.353 e. The third-order valence-corrected chi connectivity index (χ3v) is 4.38. The van der Waals surface area contributed by atoms with Gasteiger partial charge < -0.3 is 10.2 Å². The summed E-state index contributed by atoms with van der Waals surface area (Å²) < 4.78 is 0. The summed E-state index contributed by atoms with van der Waals surface area (Å²) in [5, 5.41) is 2.82. The van der Waals surface area contributed by atoms with Gasteiger partial charge in [0.25, 0.3) is 5.91 Å². The first kappa shape index (κ1) is 14.9. The van der Waals surface area contributed by atoms with Crippen molar-refractivity contribution in [3.05, 3.63) is 29.3 Å². The van der Waals surface area contributed by atoms with Gasteiger partial charge in [-0.05, 0) is 37.3 Å². The first-order valence-corrected chi connectivity index (χ1v) is 8.04. The van der Waals surface area contributed by atoms with E-state index in [1.54, 1.807) is 16.7 Å². The number of amides is 2. The first-order valence-electron chi connectivity index (χ1n) is 6.81. The van der Waals surface area contributed by atoms with Crippen LogP contribution in [-0.4, -0.2) is 42.1 Å². The highest BCUT2D eigenvalue weighted by atomic mass is 32.2. The van der Waals surface area contributed by atoms with Crippen molar-refractivity contribution in [3.8, 4) is 0 Å². The van der Waals surface area contributed by atoms with Crippen LogP contribution in [0.4, 0.5) is 0 Å². The molecule has 0 saturated carbocycles. The lowest BCUT2D eigenvalue weighted by Gasteiger charge is -2.34. The fourth-order valence-corrected chi connectivity index (χ4v) is 2.92. The van der Waals surface area contributed by atoms with Crippen molar-refractivity contribution >= 4 is 23.6 Å². The maximum Gasteiger partial charge on any atom is 0.254 e. The number of hydrogen-bond acceptors (Lipinski definition) is 3. The monoisotopic (exact) mass is 292 g/mol. The van der Waals surface area contributed by atoms with Crippen LogP contribution in [0, 0.1) is 6.92 Å². The molecule has 2 rings (SSSR count). The molecule has 2 amide bonds. The van der Waals surface area contributed by atoms with Gasteiger partial charge in [0, 0.05) is 23.5 Å². The first-order chi connectivity index (χ1) is 9.58. The zero-order chi connectivity index (χ0) is 14.7. The van der Waals surface area contributed by atoms with E-state index in [9.17, 15) is 9.59 Å². The van der Waals surface area contributed by atoms with Gasteiger partial charge in [0.15, 0.2) is 0 Å². The summed E-state index contributed by atoms with van der Waals surface area (Å²) >= 11 is 1.61. The number of nitrogens with one attached hydrogen (secondary N) is 1. The predicted molar refractivity (Wildman–Crippen MR) is 81.1 cm³/mol. The van der Waals surface area contributed by atoms with Crippen LogP contribution in [0.5, 0.6) is 0 Å². The van der Waals surface area contributed by atoms with Gasteiger partial charge in [0.2, 0.25) is 5.91 Å². The fourth-order valence-electron chi connectivity index (χ4n) is 2.48. The van der Waals surface area contributed by atoms with Gasteiger partial charge in [-0.2, -0.15) is 0 Å². The summed E-state index contributed by atoms with van der Waals surface area (Å²) in [6.45, 7) is 4.97. The Hall–Kier alpha value is -1.49. The SMILES string of the molecule is CC[C@H]1C(=O)NCCN1C(=O)c1cc(SC)ccc1C. The lowest BCUT2D eigenvalue weighted by atomic mass is 10.0. The number of piperazine rings is 1. The second-order valence-corrected chi connectivity index (χ2v) is 5.77. The molecule has 1 aliphatic heterocycles. The summed E-state index contributed by atoms with van der Waals surface area (Å²) in [7, 11) is 0. The van der Waals surface area contributed by atoms with Gasteiger partial charge in [-0.25, -0.2) is 0 Å². The van der Waals surface area contributed by atoms with E-state index in [0.29, 0.717) is 25.1 Å². The van der Waals surface area contributed by atoms with Crippen molar-refractivity contribution in [2.24, 2.45) is 0 Å². The number of aryl methyl sites for hydroxylation is 1. The third kappa shape index (κ3) is 2.82. The van der Waals surface area contributed by atoms with Crippen molar-refractivity contribution in [2.45, 2.75) is 31.2 Å². The van der Waals surface area contributed by atoms with Crippen LogP contribution in [0.15, 0.2) is 23.1 Å². The molecule has 1 aromatic carbocycles. The highest BCUT2D eigenvalue weighted by molar-refractivity contribution is 7.98. The summed E-state index contributed by atoms with van der Waals surface area (Å²) in [5.74, 6) is -0.0918. The molecule has 1 aliphatic rings. The van der Waals surface area contributed by atoms with Gasteiger partial charge >= 0.3 is 0 Å². The molecular weight excluding hydrogens is 272 g/mol. The minimum absolute atomic E-state index is 0.0416. The van der Waals surface area contributed by atoms with Crippen LogP contribution in [0.1, 0.15) is 29.3 Å². The van der Waals surface area contributed by atoms with Gasteiger partial charge in [-0.3, -0.25) is 9.59 Å². The van der Waals surface area contributed by atoms with Crippen LogP contribution in [0.25, 0.3) is 0 Å². The molecule has 0 aromatic heterocycles. The summed E-state index contributed by atoms with van der Waals surface area (Å²) in [6.07, 6.45) is 2.63. The molecule has 1 N–H and O–H groups in total. The Bertz CT molecular complexity index is 531. The van der Waals surface area contributed by atoms with E-state index >= 15 is 0 Å². The van der Waals surface area contributed by atoms with Gasteiger partial charge in [0.05, 0.1) is 0 Å². The van der Waals surface area contributed by atoms with Crippen molar-refractivity contribution in [1.29, 1.82) is 0 Å². The lowest BCUT2D eigenvalue weighted by molar-refractivity contribution is -0.127. The Labute approximate surface area is 123 Å². The molecule has 0 radical (unpaired) electrons. The maximum atomic E-state index is 12.7. The van der Waals surface area contributed by atoms with E-state index in [1.165, 1.54) is 0 Å². The average molecular weight is 292 g/mol. The molecule has 1 heterocycles. The zero-order valence-electron chi connectivity index (χ0n) is 12.1. The molecule has 1 saturated heterocycles. The summed E-state index contributed by atoms with van der Waals surface area (Å²) in [5.41, 5.74) is 1.65. The van der Waals surface area contributed by atoms with Gasteiger partial charge in [0.1, 0.15) is 6.04 Å². The van der Waals surface area contributed by atoms with E-state index in [1.807, 2.05) is 38.3 Å². The van der Waals surface area contributed by atoms with Crippen molar-refractivity contribution < 1.29 is 9.59 Å². The number of benzene rings is 1. The molecule has 1 aromatic rings. The minimum Gasteiger partial charge on any atom is -0.353 e. The second kappa shape index (κ2) is 6.31. The molecule has 20 heavy (non-hydrogen) atoms. The molecule has 5 heteroatoms. The van der Waals surface area contributed by atoms with E-state index < -0.39 is 0 Å². The summed E-state index contributed by atoms with van der Waals surface area (Å²) in [6, 6.07) is 5.54. The third-order valence-electron chi connectivity index (χ3n) is 3.65. The number of thioether (sulfide) groups is 1.